The van der Waals surface area contributed by atoms with Crippen molar-refractivity contribution >= 4 is 23.5 Å². The molecule has 3 rings (SSSR count). The highest BCUT2D eigenvalue weighted by molar-refractivity contribution is 6.00. The molecule has 1 aliphatic heterocycles. The van der Waals surface area contributed by atoms with E-state index >= 15 is 0 Å². The Hall–Kier alpha value is -3.22. The molecule has 0 saturated carbocycles. The Kier molecular flexibility index (Phi) is 6.94. The van der Waals surface area contributed by atoms with Gasteiger partial charge in [-0.25, -0.2) is 0 Å². The van der Waals surface area contributed by atoms with Crippen LogP contribution >= 0.6 is 0 Å². The van der Waals surface area contributed by atoms with Crippen molar-refractivity contribution < 1.29 is 19.1 Å². The lowest BCUT2D eigenvalue weighted by molar-refractivity contribution is -0.144. The first-order valence-electron chi connectivity index (χ1n) is 9.77. The predicted molar refractivity (Wildman–Crippen MR) is 108 cm³/mol. The molecule has 0 aliphatic carbocycles. The van der Waals surface area contributed by atoms with Gasteiger partial charge in [0.1, 0.15) is 0 Å². The van der Waals surface area contributed by atoms with Gasteiger partial charge >= 0.3 is 5.97 Å². The molecule has 2 heterocycles. The number of nitrogens with zero attached hydrogens (tertiary/aromatic N) is 3. The van der Waals surface area contributed by atoms with E-state index in [0.717, 1.165) is 11.3 Å². The molecular formula is C22H25N3O4. The molecule has 29 heavy (non-hydrogen) atoms. The van der Waals surface area contributed by atoms with Gasteiger partial charge < -0.3 is 14.5 Å². The number of anilines is 1. The Morgan fingerprint density at radius 2 is 2.00 bits per heavy atom. The minimum Gasteiger partial charge on any atom is -0.466 e. The van der Waals surface area contributed by atoms with Gasteiger partial charge in [0, 0.05) is 44.1 Å². The number of ether oxygens (including phenoxy) is 1. The van der Waals surface area contributed by atoms with Gasteiger partial charge in [-0.15, -0.1) is 0 Å². The van der Waals surface area contributed by atoms with Gasteiger partial charge in [-0.1, -0.05) is 24.3 Å². The molecule has 1 saturated heterocycles. The quantitative estimate of drug-likeness (QED) is 0.642. The molecule has 2 aromatic rings. The van der Waals surface area contributed by atoms with E-state index in [4.69, 9.17) is 4.74 Å². The zero-order valence-corrected chi connectivity index (χ0v) is 16.5. The second kappa shape index (κ2) is 9.82. The Labute approximate surface area is 170 Å². The average Bonchev–Trinajstić information content (AvgIpc) is 3.14. The van der Waals surface area contributed by atoms with Crippen LogP contribution in [0.3, 0.4) is 0 Å². The van der Waals surface area contributed by atoms with Crippen molar-refractivity contribution in [3.63, 3.8) is 0 Å². The molecule has 1 aromatic heterocycles. The van der Waals surface area contributed by atoms with Gasteiger partial charge in [0.05, 0.1) is 18.9 Å². The predicted octanol–water partition coefficient (Wildman–Crippen LogP) is 2.42. The van der Waals surface area contributed by atoms with Gasteiger partial charge in [-0.2, -0.15) is 0 Å². The largest absolute Gasteiger partial charge is 0.466 e. The third kappa shape index (κ3) is 5.40. The number of aromatic nitrogens is 1. The second-order valence-electron chi connectivity index (χ2n) is 6.92. The lowest BCUT2D eigenvalue weighted by Crippen LogP contribution is -2.38. The number of esters is 1. The van der Waals surface area contributed by atoms with Crippen LogP contribution in [0.4, 0.5) is 5.69 Å². The second-order valence-corrected chi connectivity index (χ2v) is 6.92. The lowest BCUT2D eigenvalue weighted by Gasteiger charge is -2.25. The highest BCUT2D eigenvalue weighted by atomic mass is 16.5. The molecule has 1 aromatic carbocycles. The van der Waals surface area contributed by atoms with Gasteiger partial charge in [-0.05, 0) is 30.7 Å². The summed E-state index contributed by atoms with van der Waals surface area (Å²) in [7, 11) is 0. The fourth-order valence-corrected chi connectivity index (χ4v) is 3.43. The standard InChI is InChI=1S/C22H25N3O4/c1-2-29-21(27)10-12-24(15-17-7-6-11-23-14-17)22(28)18-13-20(26)25(16-18)19-8-4-3-5-9-19/h3-9,11,14,18H,2,10,12-13,15-16H2,1H3. The number of hydrogen-bond donors (Lipinski definition) is 0. The smallest absolute Gasteiger partial charge is 0.307 e. The molecule has 2 amide bonds. The summed E-state index contributed by atoms with van der Waals surface area (Å²) < 4.78 is 4.99. The van der Waals surface area contributed by atoms with Crippen LogP contribution in [-0.4, -0.2) is 47.4 Å². The van der Waals surface area contributed by atoms with Crippen LogP contribution in [0.25, 0.3) is 0 Å². The first-order chi connectivity index (χ1) is 14.1. The van der Waals surface area contributed by atoms with E-state index < -0.39 is 5.92 Å². The van der Waals surface area contributed by atoms with Crippen LogP contribution in [0.5, 0.6) is 0 Å². The van der Waals surface area contributed by atoms with Crippen molar-refractivity contribution in [2.24, 2.45) is 5.92 Å². The topological polar surface area (TPSA) is 79.8 Å². The molecule has 0 N–H and O–H groups in total. The van der Waals surface area contributed by atoms with Crippen LogP contribution in [0.2, 0.25) is 0 Å². The Morgan fingerprint density at radius 1 is 1.21 bits per heavy atom. The van der Waals surface area contributed by atoms with E-state index in [0.29, 0.717) is 19.7 Å². The Balaban J connectivity index is 1.71. The molecule has 7 nitrogen and oxygen atoms in total. The number of para-hydroxylation sites is 1. The number of hydrogen-bond acceptors (Lipinski definition) is 5. The molecule has 0 bridgehead atoms. The van der Waals surface area contributed by atoms with E-state index in [2.05, 4.69) is 4.98 Å². The third-order valence-electron chi connectivity index (χ3n) is 4.84. The average molecular weight is 395 g/mol. The number of rotatable bonds is 8. The van der Waals surface area contributed by atoms with Crippen LogP contribution in [0, 0.1) is 5.92 Å². The third-order valence-corrected chi connectivity index (χ3v) is 4.84. The van der Waals surface area contributed by atoms with Crippen molar-refractivity contribution in [3.05, 3.63) is 60.4 Å². The normalized spacial score (nSPS) is 16.0. The first kappa shape index (κ1) is 20.5. The molecule has 7 heteroatoms. The highest BCUT2D eigenvalue weighted by Gasteiger charge is 2.37. The minimum absolute atomic E-state index is 0.0683. The van der Waals surface area contributed by atoms with Crippen LogP contribution in [-0.2, 0) is 25.7 Å². The summed E-state index contributed by atoms with van der Waals surface area (Å²) in [6, 6.07) is 13.0. The summed E-state index contributed by atoms with van der Waals surface area (Å²) in [5, 5.41) is 0. The van der Waals surface area contributed by atoms with Crippen molar-refractivity contribution in [2.75, 3.05) is 24.6 Å². The molecular weight excluding hydrogens is 370 g/mol. The molecule has 0 radical (unpaired) electrons. The van der Waals surface area contributed by atoms with E-state index in [1.807, 2.05) is 36.4 Å². The van der Waals surface area contributed by atoms with E-state index in [9.17, 15) is 14.4 Å². The summed E-state index contributed by atoms with van der Waals surface area (Å²) in [5.41, 5.74) is 1.66. The summed E-state index contributed by atoms with van der Waals surface area (Å²) in [6.45, 7) is 2.96. The lowest BCUT2D eigenvalue weighted by atomic mass is 10.1. The van der Waals surface area contributed by atoms with Gasteiger partial charge in [-0.3, -0.25) is 19.4 Å². The number of amides is 2. The van der Waals surface area contributed by atoms with Crippen molar-refractivity contribution in [2.45, 2.75) is 26.3 Å². The Bertz CT molecular complexity index is 842. The molecule has 1 atom stereocenters. The number of carbonyl (C=O) groups is 3. The first-order valence-corrected chi connectivity index (χ1v) is 9.77. The van der Waals surface area contributed by atoms with Crippen molar-refractivity contribution in [1.82, 2.24) is 9.88 Å². The monoisotopic (exact) mass is 395 g/mol. The fourth-order valence-electron chi connectivity index (χ4n) is 3.43. The SMILES string of the molecule is CCOC(=O)CCN(Cc1cccnc1)C(=O)C1CC(=O)N(c2ccccc2)C1. The van der Waals surface area contributed by atoms with Gasteiger partial charge in [0.25, 0.3) is 0 Å². The summed E-state index contributed by atoms with van der Waals surface area (Å²) in [5.74, 6) is -0.988. The molecule has 152 valence electrons. The molecule has 1 fully saturated rings. The summed E-state index contributed by atoms with van der Waals surface area (Å²) >= 11 is 0. The zero-order valence-electron chi connectivity index (χ0n) is 16.5. The maximum Gasteiger partial charge on any atom is 0.307 e. The molecule has 1 unspecified atom stereocenters. The minimum atomic E-state index is -0.443. The van der Waals surface area contributed by atoms with Crippen LogP contribution in [0.15, 0.2) is 54.9 Å². The fraction of sp³-hybridized carbons (Fsp3) is 0.364. The van der Waals surface area contributed by atoms with Crippen molar-refractivity contribution in [1.29, 1.82) is 0 Å². The van der Waals surface area contributed by atoms with E-state index in [1.165, 1.54) is 0 Å². The summed E-state index contributed by atoms with van der Waals surface area (Å²) in [4.78, 5) is 44.9. The number of carbonyl (C=O) groups excluding carboxylic acids is 3. The molecule has 1 aliphatic rings. The van der Waals surface area contributed by atoms with Crippen LogP contribution in [0.1, 0.15) is 25.3 Å². The maximum atomic E-state index is 13.2. The summed E-state index contributed by atoms with van der Waals surface area (Å²) in [6.07, 6.45) is 3.64. The van der Waals surface area contributed by atoms with Gasteiger partial charge in [0.15, 0.2) is 0 Å². The number of pyridine rings is 1. The zero-order chi connectivity index (χ0) is 20.6. The molecule has 0 spiro atoms. The van der Waals surface area contributed by atoms with E-state index in [-0.39, 0.29) is 37.2 Å². The number of benzene rings is 1. The van der Waals surface area contributed by atoms with E-state index in [1.54, 1.807) is 35.2 Å². The highest BCUT2D eigenvalue weighted by Crippen LogP contribution is 2.26. The van der Waals surface area contributed by atoms with Crippen LogP contribution < -0.4 is 4.90 Å². The maximum absolute atomic E-state index is 13.2. The van der Waals surface area contributed by atoms with Crippen molar-refractivity contribution in [3.8, 4) is 0 Å². The van der Waals surface area contributed by atoms with Gasteiger partial charge in [0.2, 0.25) is 11.8 Å². The Morgan fingerprint density at radius 3 is 2.69 bits per heavy atom.